The molecule has 0 atom stereocenters. The number of sulfonamides is 1. The van der Waals surface area contributed by atoms with Gasteiger partial charge < -0.3 is 4.90 Å². The maximum Gasteiger partial charge on any atom is 0.261 e. The summed E-state index contributed by atoms with van der Waals surface area (Å²) in [7, 11) is -2.17. The summed E-state index contributed by atoms with van der Waals surface area (Å²) in [6, 6.07) is 12.5. The Kier molecular flexibility index (Phi) is 5.28. The topological polar surface area (TPSA) is 66.5 Å². The van der Waals surface area contributed by atoms with Crippen LogP contribution in [0.3, 0.4) is 0 Å². The van der Waals surface area contributed by atoms with Gasteiger partial charge in [0, 0.05) is 19.2 Å². The second kappa shape index (κ2) is 7.02. The number of benzene rings is 2. The summed E-state index contributed by atoms with van der Waals surface area (Å²) >= 11 is 5.97. The number of rotatable bonds is 5. The first-order chi connectivity index (χ1) is 10.8. The van der Waals surface area contributed by atoms with E-state index in [2.05, 4.69) is 4.72 Å². The van der Waals surface area contributed by atoms with Gasteiger partial charge in [-0.05, 0) is 37.3 Å². The molecule has 0 saturated carbocycles. The van der Waals surface area contributed by atoms with Crippen molar-refractivity contribution < 1.29 is 13.2 Å². The predicted molar refractivity (Wildman–Crippen MR) is 91.3 cm³/mol. The van der Waals surface area contributed by atoms with Crippen molar-refractivity contribution in [1.82, 2.24) is 4.90 Å². The Morgan fingerprint density at radius 1 is 1.17 bits per heavy atom. The lowest BCUT2D eigenvalue weighted by molar-refractivity contribution is 0.0802. The van der Waals surface area contributed by atoms with Crippen LogP contribution in [0.15, 0.2) is 53.4 Å². The highest BCUT2D eigenvalue weighted by atomic mass is 35.5. The van der Waals surface area contributed by atoms with Crippen molar-refractivity contribution >= 4 is 33.2 Å². The van der Waals surface area contributed by atoms with E-state index in [9.17, 15) is 13.2 Å². The van der Waals surface area contributed by atoms with Crippen molar-refractivity contribution in [1.29, 1.82) is 0 Å². The third-order valence-corrected chi connectivity index (χ3v) is 5.02. The van der Waals surface area contributed by atoms with Gasteiger partial charge in [-0.15, -0.1) is 0 Å². The number of halogens is 1. The fourth-order valence-electron chi connectivity index (χ4n) is 1.91. The molecule has 0 fully saturated rings. The second-order valence-corrected chi connectivity index (χ2v) is 7.02. The highest BCUT2D eigenvalue weighted by Gasteiger charge is 2.18. The zero-order valence-corrected chi connectivity index (χ0v) is 14.4. The minimum atomic E-state index is -3.83. The third-order valence-electron chi connectivity index (χ3n) is 3.33. The van der Waals surface area contributed by atoms with E-state index >= 15 is 0 Å². The number of nitrogens with one attached hydrogen (secondary N) is 1. The van der Waals surface area contributed by atoms with Crippen LogP contribution in [0.2, 0.25) is 5.02 Å². The van der Waals surface area contributed by atoms with E-state index in [4.69, 9.17) is 11.6 Å². The zero-order valence-electron chi connectivity index (χ0n) is 12.8. The predicted octanol–water partition coefficient (Wildman–Crippen LogP) is 3.23. The quantitative estimate of drug-likeness (QED) is 0.898. The number of anilines is 1. The lowest BCUT2D eigenvalue weighted by atomic mass is 10.2. The minimum Gasteiger partial charge on any atom is -0.342 e. The number of hydrogen-bond acceptors (Lipinski definition) is 3. The van der Waals surface area contributed by atoms with E-state index in [1.165, 1.54) is 23.1 Å². The molecule has 0 aliphatic rings. The molecule has 0 saturated heterocycles. The zero-order chi connectivity index (χ0) is 17.0. The summed E-state index contributed by atoms with van der Waals surface area (Å²) < 4.78 is 27.4. The van der Waals surface area contributed by atoms with E-state index in [0.717, 1.165) is 0 Å². The minimum absolute atomic E-state index is 0.00720. The lowest BCUT2D eigenvalue weighted by Crippen LogP contribution is -2.26. The van der Waals surface area contributed by atoms with Gasteiger partial charge >= 0.3 is 0 Å². The summed E-state index contributed by atoms with van der Waals surface area (Å²) in [6.07, 6.45) is 0. The molecule has 2 aromatic carbocycles. The van der Waals surface area contributed by atoms with E-state index < -0.39 is 10.0 Å². The SMILES string of the molecule is CCN(C)C(=O)c1cccc(S(=O)(=O)Nc2ccccc2Cl)c1. The van der Waals surface area contributed by atoms with E-state index in [0.29, 0.717) is 17.1 Å². The molecular weight excluding hydrogens is 336 g/mol. The van der Waals surface area contributed by atoms with E-state index in [-0.39, 0.29) is 16.5 Å². The maximum absolute atomic E-state index is 12.5. The molecule has 122 valence electrons. The molecule has 0 aliphatic carbocycles. The Morgan fingerprint density at radius 2 is 1.87 bits per heavy atom. The molecule has 0 bridgehead atoms. The molecule has 1 amide bonds. The fourth-order valence-corrected chi connectivity index (χ4v) is 3.27. The van der Waals surface area contributed by atoms with Crippen molar-refractivity contribution in [2.24, 2.45) is 0 Å². The van der Waals surface area contributed by atoms with Crippen LogP contribution in [-0.2, 0) is 10.0 Å². The van der Waals surface area contributed by atoms with Gasteiger partial charge in [-0.1, -0.05) is 29.8 Å². The van der Waals surface area contributed by atoms with Gasteiger partial charge in [-0.3, -0.25) is 9.52 Å². The number of para-hydroxylation sites is 1. The molecule has 5 nitrogen and oxygen atoms in total. The standard InChI is InChI=1S/C16H17ClN2O3S/c1-3-19(2)16(20)12-7-6-8-13(11-12)23(21,22)18-15-10-5-4-9-14(15)17/h4-11,18H,3H2,1-2H3. The largest absolute Gasteiger partial charge is 0.342 e. The van der Waals surface area contributed by atoms with Crippen LogP contribution in [0.4, 0.5) is 5.69 Å². The molecule has 0 aliphatic heterocycles. The number of carbonyl (C=O) groups is 1. The van der Waals surface area contributed by atoms with Crippen LogP contribution in [0, 0.1) is 0 Å². The van der Waals surface area contributed by atoms with Gasteiger partial charge in [0.15, 0.2) is 0 Å². The molecule has 0 unspecified atom stereocenters. The second-order valence-electron chi connectivity index (χ2n) is 4.93. The summed E-state index contributed by atoms with van der Waals surface area (Å²) in [5, 5.41) is 0.300. The molecule has 7 heteroatoms. The molecule has 0 aromatic heterocycles. The van der Waals surface area contributed by atoms with Crippen LogP contribution in [0.25, 0.3) is 0 Å². The Bertz CT molecular complexity index is 822. The van der Waals surface area contributed by atoms with Crippen LogP contribution in [-0.4, -0.2) is 32.8 Å². The van der Waals surface area contributed by atoms with Crippen molar-refractivity contribution in [3.8, 4) is 0 Å². The van der Waals surface area contributed by atoms with Gasteiger partial charge in [-0.2, -0.15) is 0 Å². The maximum atomic E-state index is 12.5. The fraction of sp³-hybridized carbons (Fsp3) is 0.188. The van der Waals surface area contributed by atoms with E-state index in [1.807, 2.05) is 6.92 Å². The first-order valence-electron chi connectivity index (χ1n) is 6.98. The lowest BCUT2D eigenvalue weighted by Gasteiger charge is -2.15. The van der Waals surface area contributed by atoms with Gasteiger partial charge in [0.1, 0.15) is 0 Å². The highest BCUT2D eigenvalue weighted by molar-refractivity contribution is 7.92. The summed E-state index contributed by atoms with van der Waals surface area (Å²) in [6.45, 7) is 2.38. The van der Waals surface area contributed by atoms with Crippen LogP contribution in [0.1, 0.15) is 17.3 Å². The monoisotopic (exact) mass is 352 g/mol. The molecule has 2 rings (SSSR count). The van der Waals surface area contributed by atoms with Gasteiger partial charge in [0.2, 0.25) is 0 Å². The van der Waals surface area contributed by atoms with Crippen molar-refractivity contribution in [3.63, 3.8) is 0 Å². The van der Waals surface area contributed by atoms with Crippen molar-refractivity contribution in [2.75, 3.05) is 18.3 Å². The van der Waals surface area contributed by atoms with Crippen molar-refractivity contribution in [3.05, 3.63) is 59.1 Å². The first-order valence-corrected chi connectivity index (χ1v) is 8.84. The van der Waals surface area contributed by atoms with Crippen LogP contribution < -0.4 is 4.72 Å². The molecule has 2 aromatic rings. The Balaban J connectivity index is 2.34. The molecule has 0 radical (unpaired) electrons. The van der Waals surface area contributed by atoms with Gasteiger partial charge in [0.25, 0.3) is 15.9 Å². The molecule has 23 heavy (non-hydrogen) atoms. The summed E-state index contributed by atoms with van der Waals surface area (Å²) in [5.41, 5.74) is 0.605. The Labute approximate surface area is 140 Å². The van der Waals surface area contributed by atoms with Gasteiger partial charge in [-0.25, -0.2) is 8.42 Å². The average molecular weight is 353 g/mol. The van der Waals surface area contributed by atoms with Gasteiger partial charge in [0.05, 0.1) is 15.6 Å². The van der Waals surface area contributed by atoms with Crippen LogP contribution in [0.5, 0.6) is 0 Å². The highest BCUT2D eigenvalue weighted by Crippen LogP contribution is 2.24. The molecule has 0 spiro atoms. The number of hydrogen-bond donors (Lipinski definition) is 1. The Hall–Kier alpha value is -2.05. The third kappa shape index (κ3) is 4.03. The summed E-state index contributed by atoms with van der Waals surface area (Å²) in [4.78, 5) is 13.7. The Morgan fingerprint density at radius 3 is 2.52 bits per heavy atom. The number of carbonyl (C=O) groups excluding carboxylic acids is 1. The van der Waals surface area contributed by atoms with E-state index in [1.54, 1.807) is 37.4 Å². The normalized spacial score (nSPS) is 11.1. The van der Waals surface area contributed by atoms with Crippen LogP contribution >= 0.6 is 11.6 Å². The van der Waals surface area contributed by atoms with Crippen molar-refractivity contribution in [2.45, 2.75) is 11.8 Å². The first kappa shape index (κ1) is 17.3. The summed E-state index contributed by atoms with van der Waals surface area (Å²) in [5.74, 6) is -0.234. The molecule has 1 N–H and O–H groups in total. The molecule has 0 heterocycles. The smallest absolute Gasteiger partial charge is 0.261 e. The average Bonchev–Trinajstić information content (AvgIpc) is 2.55. The number of nitrogens with zero attached hydrogens (tertiary/aromatic N) is 1. The number of amides is 1. The molecular formula is C16H17ClN2O3S.